The van der Waals surface area contributed by atoms with Gasteiger partial charge in [-0.1, -0.05) is 0 Å². The smallest absolute Gasteiger partial charge is 0.357 e. The summed E-state index contributed by atoms with van der Waals surface area (Å²) in [6.07, 6.45) is -1.07. The number of alkyl halides is 3. The number of hydrogen-bond acceptors (Lipinski definition) is 6. The van der Waals surface area contributed by atoms with Crippen LogP contribution in [-0.4, -0.2) is 54.9 Å². The third-order valence-electron chi connectivity index (χ3n) is 3.23. The SMILES string of the molecule is CNc1nc(N(C)CC(F)(F)F)nc(N2CCCCC2)n1. The molecule has 1 N–H and O–H groups in total. The Morgan fingerprint density at radius 3 is 2.38 bits per heavy atom. The Balaban J connectivity index is 2.24. The fourth-order valence-corrected chi connectivity index (χ4v) is 2.21. The van der Waals surface area contributed by atoms with Crippen molar-refractivity contribution in [3.05, 3.63) is 0 Å². The van der Waals surface area contributed by atoms with Crippen molar-refractivity contribution in [2.45, 2.75) is 25.4 Å². The number of halogens is 3. The zero-order chi connectivity index (χ0) is 15.5. The molecule has 0 spiro atoms. The second-order valence-electron chi connectivity index (χ2n) is 5.03. The molecule has 0 atom stereocenters. The monoisotopic (exact) mass is 304 g/mol. The first-order chi connectivity index (χ1) is 9.89. The van der Waals surface area contributed by atoms with Crippen molar-refractivity contribution in [1.29, 1.82) is 0 Å². The van der Waals surface area contributed by atoms with E-state index < -0.39 is 12.7 Å². The third kappa shape index (κ3) is 4.33. The molecule has 2 rings (SSSR count). The minimum Gasteiger partial charge on any atom is -0.357 e. The number of nitrogens with zero attached hydrogens (tertiary/aromatic N) is 5. The van der Waals surface area contributed by atoms with Gasteiger partial charge in [-0.3, -0.25) is 0 Å². The summed E-state index contributed by atoms with van der Waals surface area (Å²) in [5.74, 6) is 0.722. The van der Waals surface area contributed by atoms with Crippen LogP contribution in [0.4, 0.5) is 31.0 Å². The first-order valence-electron chi connectivity index (χ1n) is 6.86. The summed E-state index contributed by atoms with van der Waals surface area (Å²) in [4.78, 5) is 15.4. The molecule has 118 valence electrons. The average Bonchev–Trinajstić information content (AvgIpc) is 2.46. The fourth-order valence-electron chi connectivity index (χ4n) is 2.21. The highest BCUT2D eigenvalue weighted by Gasteiger charge is 2.31. The predicted molar refractivity (Wildman–Crippen MR) is 74.8 cm³/mol. The summed E-state index contributed by atoms with van der Waals surface area (Å²) >= 11 is 0. The van der Waals surface area contributed by atoms with Crippen molar-refractivity contribution in [2.75, 3.05) is 48.8 Å². The number of rotatable bonds is 4. The number of hydrogen-bond donors (Lipinski definition) is 1. The van der Waals surface area contributed by atoms with Crippen LogP contribution >= 0.6 is 0 Å². The van der Waals surface area contributed by atoms with Crippen molar-refractivity contribution in [2.24, 2.45) is 0 Å². The second kappa shape index (κ2) is 6.31. The van der Waals surface area contributed by atoms with Gasteiger partial charge in [0.1, 0.15) is 6.54 Å². The standard InChI is InChI=1S/C12H19F3N6/c1-16-9-17-10(20(2)8-12(13,14)15)19-11(18-9)21-6-4-3-5-7-21/h3-8H2,1-2H3,(H,16,17,18,19). The molecule has 1 saturated heterocycles. The van der Waals surface area contributed by atoms with Gasteiger partial charge in [0, 0.05) is 27.2 Å². The Morgan fingerprint density at radius 2 is 1.81 bits per heavy atom. The minimum atomic E-state index is -4.30. The van der Waals surface area contributed by atoms with Crippen LogP contribution < -0.4 is 15.1 Å². The number of nitrogens with one attached hydrogen (secondary N) is 1. The molecule has 0 unspecified atom stereocenters. The number of aromatic nitrogens is 3. The second-order valence-corrected chi connectivity index (χ2v) is 5.03. The van der Waals surface area contributed by atoms with Crippen LogP contribution in [0.5, 0.6) is 0 Å². The third-order valence-corrected chi connectivity index (χ3v) is 3.23. The van der Waals surface area contributed by atoms with Gasteiger partial charge in [-0.15, -0.1) is 0 Å². The highest BCUT2D eigenvalue weighted by atomic mass is 19.4. The molecule has 0 aliphatic carbocycles. The first kappa shape index (κ1) is 15.6. The van der Waals surface area contributed by atoms with E-state index >= 15 is 0 Å². The van der Waals surface area contributed by atoms with E-state index in [4.69, 9.17) is 0 Å². The lowest BCUT2D eigenvalue weighted by atomic mass is 10.1. The lowest BCUT2D eigenvalue weighted by Crippen LogP contribution is -2.34. The van der Waals surface area contributed by atoms with Gasteiger partial charge >= 0.3 is 6.18 Å². The molecule has 0 aromatic carbocycles. The molecule has 1 aromatic rings. The summed E-state index contributed by atoms with van der Waals surface area (Å²) in [5, 5.41) is 2.77. The molecule has 1 fully saturated rings. The van der Waals surface area contributed by atoms with Crippen molar-refractivity contribution < 1.29 is 13.2 Å². The Morgan fingerprint density at radius 1 is 1.14 bits per heavy atom. The van der Waals surface area contributed by atoms with Gasteiger partial charge in [0.05, 0.1) is 0 Å². The Labute approximate surface area is 121 Å². The highest BCUT2D eigenvalue weighted by Crippen LogP contribution is 2.22. The Bertz CT molecular complexity index is 473. The molecule has 21 heavy (non-hydrogen) atoms. The maximum Gasteiger partial charge on any atom is 0.406 e. The van der Waals surface area contributed by atoms with Crippen LogP contribution in [0.25, 0.3) is 0 Å². The summed E-state index contributed by atoms with van der Waals surface area (Å²) in [6.45, 7) is 0.533. The highest BCUT2D eigenvalue weighted by molar-refractivity contribution is 5.45. The maximum absolute atomic E-state index is 12.5. The van der Waals surface area contributed by atoms with Gasteiger partial charge in [0.25, 0.3) is 0 Å². The van der Waals surface area contributed by atoms with Crippen LogP contribution in [0.3, 0.4) is 0 Å². The van der Waals surface area contributed by atoms with Gasteiger partial charge in [-0.05, 0) is 19.3 Å². The molecule has 0 saturated carbocycles. The largest absolute Gasteiger partial charge is 0.406 e. The number of anilines is 3. The van der Waals surface area contributed by atoms with Crippen LogP contribution in [-0.2, 0) is 0 Å². The van der Waals surface area contributed by atoms with Crippen molar-refractivity contribution in [1.82, 2.24) is 15.0 Å². The van der Waals surface area contributed by atoms with E-state index in [0.717, 1.165) is 37.3 Å². The van der Waals surface area contributed by atoms with E-state index in [1.54, 1.807) is 7.05 Å². The molecular weight excluding hydrogens is 285 g/mol. The van der Waals surface area contributed by atoms with E-state index in [2.05, 4.69) is 20.3 Å². The van der Waals surface area contributed by atoms with E-state index in [1.807, 2.05) is 4.90 Å². The predicted octanol–water partition coefficient (Wildman–Crippen LogP) is 1.90. The topological polar surface area (TPSA) is 57.2 Å². The minimum absolute atomic E-state index is 0.0206. The van der Waals surface area contributed by atoms with Gasteiger partial charge in [0.15, 0.2) is 0 Å². The number of piperidine rings is 1. The van der Waals surface area contributed by atoms with Gasteiger partial charge in [-0.2, -0.15) is 28.1 Å². The molecular formula is C12H19F3N6. The molecule has 1 aliphatic heterocycles. The van der Waals surface area contributed by atoms with Crippen molar-refractivity contribution in [3.63, 3.8) is 0 Å². The molecule has 9 heteroatoms. The average molecular weight is 304 g/mol. The Hall–Kier alpha value is -1.80. The van der Waals surface area contributed by atoms with E-state index in [1.165, 1.54) is 7.05 Å². The van der Waals surface area contributed by atoms with Gasteiger partial charge < -0.3 is 15.1 Å². The van der Waals surface area contributed by atoms with Crippen LogP contribution in [0.2, 0.25) is 0 Å². The van der Waals surface area contributed by atoms with E-state index in [9.17, 15) is 13.2 Å². The van der Waals surface area contributed by atoms with Crippen LogP contribution in [0.15, 0.2) is 0 Å². The summed E-state index contributed by atoms with van der Waals surface area (Å²) in [5.41, 5.74) is 0. The van der Waals surface area contributed by atoms with E-state index in [0.29, 0.717) is 5.95 Å². The summed E-state index contributed by atoms with van der Waals surface area (Å²) in [6, 6.07) is 0. The van der Waals surface area contributed by atoms with Gasteiger partial charge in [0.2, 0.25) is 17.8 Å². The zero-order valence-corrected chi connectivity index (χ0v) is 12.1. The molecule has 0 amide bonds. The van der Waals surface area contributed by atoms with Crippen molar-refractivity contribution in [3.8, 4) is 0 Å². The molecule has 1 aliphatic rings. The molecule has 1 aromatic heterocycles. The lowest BCUT2D eigenvalue weighted by molar-refractivity contribution is -0.119. The molecule has 0 radical (unpaired) electrons. The molecule has 2 heterocycles. The van der Waals surface area contributed by atoms with Gasteiger partial charge in [-0.25, -0.2) is 0 Å². The normalized spacial score (nSPS) is 16.0. The quantitative estimate of drug-likeness (QED) is 0.917. The van der Waals surface area contributed by atoms with Crippen LogP contribution in [0.1, 0.15) is 19.3 Å². The lowest BCUT2D eigenvalue weighted by Gasteiger charge is -2.28. The van der Waals surface area contributed by atoms with E-state index in [-0.39, 0.29) is 11.9 Å². The molecule has 0 bridgehead atoms. The zero-order valence-electron chi connectivity index (χ0n) is 12.1. The summed E-state index contributed by atoms with van der Waals surface area (Å²) in [7, 11) is 2.95. The first-order valence-corrected chi connectivity index (χ1v) is 6.86. The summed E-state index contributed by atoms with van der Waals surface area (Å²) < 4.78 is 37.5. The fraction of sp³-hybridized carbons (Fsp3) is 0.750. The van der Waals surface area contributed by atoms with Crippen LogP contribution in [0, 0.1) is 0 Å². The van der Waals surface area contributed by atoms with Crippen molar-refractivity contribution >= 4 is 17.8 Å². The Kier molecular flexibility index (Phi) is 4.69. The molecule has 6 nitrogen and oxygen atoms in total. The maximum atomic E-state index is 12.5.